The molecule has 0 aliphatic carbocycles. The lowest BCUT2D eigenvalue weighted by Crippen LogP contribution is -2.02. The Morgan fingerprint density at radius 2 is 1.75 bits per heavy atom. The number of Topliss-reactive ketones (excluding diaryl/α,β-unsaturated/α-hetero) is 1. The average Bonchev–Trinajstić information content (AvgIpc) is 3.27. The number of ketones is 1. The summed E-state index contributed by atoms with van der Waals surface area (Å²) in [6.45, 7) is 0. The molecule has 24 heavy (non-hydrogen) atoms. The lowest BCUT2D eigenvalue weighted by atomic mass is 10.2. The summed E-state index contributed by atoms with van der Waals surface area (Å²) >= 11 is 1.20. The van der Waals surface area contributed by atoms with Gasteiger partial charge in [0.25, 0.3) is 11.1 Å². The summed E-state index contributed by atoms with van der Waals surface area (Å²) in [7, 11) is 0. The molecule has 2 heterocycles. The predicted octanol–water partition coefficient (Wildman–Crippen LogP) is 3.85. The number of rotatable bonds is 5. The summed E-state index contributed by atoms with van der Waals surface area (Å²) in [5, 5.41) is 8.17. The Hall–Kier alpha value is -2.93. The number of carbonyl (C=O) groups excluding carboxylic acids is 1. The van der Waals surface area contributed by atoms with Crippen LogP contribution >= 0.6 is 11.8 Å². The van der Waals surface area contributed by atoms with Crippen molar-refractivity contribution in [1.29, 1.82) is 0 Å². The first-order valence-corrected chi connectivity index (χ1v) is 8.19. The normalized spacial score (nSPS) is 11.0. The van der Waals surface area contributed by atoms with Crippen LogP contribution in [0.3, 0.4) is 0 Å². The van der Waals surface area contributed by atoms with E-state index in [0.29, 0.717) is 16.7 Å². The second kappa shape index (κ2) is 6.29. The van der Waals surface area contributed by atoms with Gasteiger partial charge in [0.05, 0.1) is 5.75 Å². The first kappa shape index (κ1) is 14.6. The number of carbonyl (C=O) groups is 1. The van der Waals surface area contributed by atoms with E-state index in [2.05, 4.69) is 15.2 Å². The monoisotopic (exact) mass is 337 g/mol. The number of aromatic nitrogens is 3. The third-order valence-corrected chi connectivity index (χ3v) is 4.11. The molecule has 6 nitrogen and oxygen atoms in total. The second-order valence-electron chi connectivity index (χ2n) is 4.94. The van der Waals surface area contributed by atoms with Gasteiger partial charge >= 0.3 is 0 Å². The zero-order valence-corrected chi connectivity index (χ0v) is 13.2. The highest BCUT2D eigenvalue weighted by Gasteiger charge is 2.17. The molecule has 0 fully saturated rings. The molecule has 0 atom stereocenters. The summed E-state index contributed by atoms with van der Waals surface area (Å²) in [5.41, 5.74) is 2.23. The Bertz CT molecular complexity index is 961. The van der Waals surface area contributed by atoms with Crippen molar-refractivity contribution in [3.05, 3.63) is 60.5 Å². The van der Waals surface area contributed by atoms with Crippen LogP contribution in [-0.4, -0.2) is 26.7 Å². The van der Waals surface area contributed by atoms with E-state index in [1.807, 2.05) is 54.6 Å². The lowest BCUT2D eigenvalue weighted by molar-refractivity contribution is 0.0986. The molecule has 0 aliphatic rings. The number of nitrogens with zero attached hydrogens (tertiary/aromatic N) is 3. The van der Waals surface area contributed by atoms with Gasteiger partial charge in [-0.3, -0.25) is 4.79 Å². The van der Waals surface area contributed by atoms with Gasteiger partial charge in [0.15, 0.2) is 5.58 Å². The number of oxazole rings is 1. The molecule has 0 N–H and O–H groups in total. The molecule has 4 aromatic rings. The van der Waals surface area contributed by atoms with Gasteiger partial charge in [0.1, 0.15) is 5.52 Å². The molecule has 2 aromatic carbocycles. The van der Waals surface area contributed by atoms with Crippen LogP contribution in [0.25, 0.3) is 22.6 Å². The van der Waals surface area contributed by atoms with Crippen molar-refractivity contribution >= 4 is 28.6 Å². The lowest BCUT2D eigenvalue weighted by Gasteiger charge is -1.93. The number of fused-ring (bicyclic) bond motifs is 1. The van der Waals surface area contributed by atoms with Crippen molar-refractivity contribution < 1.29 is 13.6 Å². The van der Waals surface area contributed by atoms with Gasteiger partial charge in [0, 0.05) is 5.56 Å². The number of para-hydroxylation sites is 2. The zero-order chi connectivity index (χ0) is 16.4. The SMILES string of the molecule is O=C(CSc1nc2ccccc2o1)c1nnc(-c2ccccc2)o1. The first-order chi connectivity index (χ1) is 11.8. The van der Waals surface area contributed by atoms with E-state index in [4.69, 9.17) is 8.83 Å². The Morgan fingerprint density at radius 1 is 0.958 bits per heavy atom. The maximum Gasteiger partial charge on any atom is 0.285 e. The van der Waals surface area contributed by atoms with E-state index < -0.39 is 0 Å². The Kier molecular flexibility index (Phi) is 3.84. The number of benzene rings is 2. The molecule has 4 rings (SSSR count). The summed E-state index contributed by atoms with van der Waals surface area (Å²) < 4.78 is 11.0. The van der Waals surface area contributed by atoms with Crippen LogP contribution in [0.4, 0.5) is 0 Å². The number of thioether (sulfide) groups is 1. The zero-order valence-electron chi connectivity index (χ0n) is 12.4. The van der Waals surface area contributed by atoms with Gasteiger partial charge in [-0.15, -0.1) is 10.2 Å². The van der Waals surface area contributed by atoms with Crippen LogP contribution in [-0.2, 0) is 0 Å². The highest BCUT2D eigenvalue weighted by Crippen LogP contribution is 2.24. The van der Waals surface area contributed by atoms with Crippen molar-refractivity contribution in [2.45, 2.75) is 5.22 Å². The van der Waals surface area contributed by atoms with Gasteiger partial charge in [-0.1, -0.05) is 42.1 Å². The molecular weight excluding hydrogens is 326 g/mol. The topological polar surface area (TPSA) is 82.0 Å². The van der Waals surface area contributed by atoms with Crippen LogP contribution in [0.2, 0.25) is 0 Å². The fourth-order valence-electron chi connectivity index (χ4n) is 2.14. The quantitative estimate of drug-likeness (QED) is 0.404. The molecule has 0 radical (unpaired) electrons. The Labute approximate surface area is 140 Å². The summed E-state index contributed by atoms with van der Waals surface area (Å²) in [4.78, 5) is 16.5. The van der Waals surface area contributed by atoms with Crippen molar-refractivity contribution in [2.75, 3.05) is 5.75 Å². The first-order valence-electron chi connectivity index (χ1n) is 7.20. The van der Waals surface area contributed by atoms with Gasteiger partial charge < -0.3 is 8.83 Å². The van der Waals surface area contributed by atoms with Crippen molar-refractivity contribution in [3.8, 4) is 11.5 Å². The van der Waals surface area contributed by atoms with Gasteiger partial charge in [-0.05, 0) is 24.3 Å². The fraction of sp³-hybridized carbons (Fsp3) is 0.0588. The van der Waals surface area contributed by atoms with E-state index in [1.54, 1.807) is 0 Å². The smallest absolute Gasteiger partial charge is 0.285 e. The summed E-state index contributed by atoms with van der Waals surface area (Å²) in [6.07, 6.45) is 0. The van der Waals surface area contributed by atoms with Crippen LogP contribution < -0.4 is 0 Å². The molecule has 0 saturated heterocycles. The maximum absolute atomic E-state index is 12.2. The van der Waals surface area contributed by atoms with Crippen LogP contribution in [0.5, 0.6) is 0 Å². The molecule has 118 valence electrons. The molecule has 0 unspecified atom stereocenters. The fourth-order valence-corrected chi connectivity index (χ4v) is 2.82. The van der Waals surface area contributed by atoms with Gasteiger partial charge in [-0.2, -0.15) is 0 Å². The average molecular weight is 337 g/mol. The Morgan fingerprint density at radius 3 is 2.58 bits per heavy atom. The molecule has 2 aromatic heterocycles. The largest absolute Gasteiger partial charge is 0.431 e. The molecule has 0 spiro atoms. The minimum atomic E-state index is -0.267. The second-order valence-corrected chi connectivity index (χ2v) is 5.86. The number of hydrogen-bond donors (Lipinski definition) is 0. The van der Waals surface area contributed by atoms with Gasteiger partial charge in [0.2, 0.25) is 11.7 Å². The number of hydrogen-bond acceptors (Lipinski definition) is 7. The summed E-state index contributed by atoms with van der Waals surface area (Å²) in [6, 6.07) is 16.7. The minimum Gasteiger partial charge on any atom is -0.431 e. The van der Waals surface area contributed by atoms with Crippen LogP contribution in [0.1, 0.15) is 10.7 Å². The highest BCUT2D eigenvalue weighted by atomic mass is 32.2. The molecule has 0 saturated carbocycles. The van der Waals surface area contributed by atoms with Gasteiger partial charge in [-0.25, -0.2) is 4.98 Å². The van der Waals surface area contributed by atoms with E-state index in [-0.39, 0.29) is 17.4 Å². The van der Waals surface area contributed by atoms with Crippen molar-refractivity contribution in [2.24, 2.45) is 0 Å². The van der Waals surface area contributed by atoms with Crippen LogP contribution in [0, 0.1) is 0 Å². The molecular formula is C17H11N3O3S. The summed E-state index contributed by atoms with van der Waals surface area (Å²) in [5.74, 6) is 0.156. The van der Waals surface area contributed by atoms with E-state index in [9.17, 15) is 4.79 Å². The third kappa shape index (κ3) is 2.93. The highest BCUT2D eigenvalue weighted by molar-refractivity contribution is 7.99. The third-order valence-electron chi connectivity index (χ3n) is 3.29. The molecule has 7 heteroatoms. The molecule has 0 bridgehead atoms. The van der Waals surface area contributed by atoms with E-state index in [0.717, 1.165) is 11.1 Å². The van der Waals surface area contributed by atoms with E-state index >= 15 is 0 Å². The molecule has 0 amide bonds. The van der Waals surface area contributed by atoms with Crippen molar-refractivity contribution in [1.82, 2.24) is 15.2 Å². The minimum absolute atomic E-state index is 0.0162. The molecule has 0 aliphatic heterocycles. The standard InChI is InChI=1S/C17H11N3O3S/c21-13(10-24-17-18-12-8-4-5-9-14(12)22-17)16-20-19-15(23-16)11-6-2-1-3-7-11/h1-9H,10H2. The Balaban J connectivity index is 1.45. The predicted molar refractivity (Wildman–Crippen MR) is 88.8 cm³/mol. The maximum atomic E-state index is 12.2. The van der Waals surface area contributed by atoms with Crippen molar-refractivity contribution in [3.63, 3.8) is 0 Å². The van der Waals surface area contributed by atoms with Crippen LogP contribution in [0.15, 0.2) is 68.7 Å². The van der Waals surface area contributed by atoms with E-state index in [1.165, 1.54) is 11.8 Å².